The summed E-state index contributed by atoms with van der Waals surface area (Å²) >= 11 is 0. The molecule has 2 aliphatic heterocycles. The van der Waals surface area contributed by atoms with Crippen molar-refractivity contribution in [1.29, 1.82) is 0 Å². The molecule has 4 rings (SSSR count). The summed E-state index contributed by atoms with van der Waals surface area (Å²) in [5.74, 6) is -0.0437. The first-order valence-electron chi connectivity index (χ1n) is 12.0. The van der Waals surface area contributed by atoms with E-state index in [9.17, 15) is 14.4 Å². The van der Waals surface area contributed by atoms with Crippen molar-refractivity contribution in [3.63, 3.8) is 0 Å². The van der Waals surface area contributed by atoms with E-state index in [1.165, 1.54) is 25.7 Å². The highest BCUT2D eigenvalue weighted by Gasteiger charge is 2.38. The van der Waals surface area contributed by atoms with Gasteiger partial charge in [-0.1, -0.05) is 43.4 Å². The van der Waals surface area contributed by atoms with Gasteiger partial charge in [0, 0.05) is 43.7 Å². The van der Waals surface area contributed by atoms with Gasteiger partial charge in [0.15, 0.2) is 0 Å². The zero-order valence-electron chi connectivity index (χ0n) is 18.6. The minimum Gasteiger partial charge on any atom is -0.353 e. The predicted molar refractivity (Wildman–Crippen MR) is 121 cm³/mol. The molecule has 1 aromatic rings. The molecule has 1 N–H and O–H groups in total. The van der Waals surface area contributed by atoms with Crippen LogP contribution in [0.2, 0.25) is 0 Å². The first-order chi connectivity index (χ1) is 15.0. The minimum absolute atomic E-state index is 0.00145. The zero-order chi connectivity index (χ0) is 21.8. The lowest BCUT2D eigenvalue weighted by Gasteiger charge is -2.33. The fraction of sp³-hybridized carbons (Fsp3) is 0.640. The van der Waals surface area contributed by atoms with Crippen LogP contribution in [0, 0.1) is 18.8 Å². The van der Waals surface area contributed by atoms with Crippen LogP contribution in [0.3, 0.4) is 0 Å². The summed E-state index contributed by atoms with van der Waals surface area (Å²) < 4.78 is 0. The standard InChI is InChI=1S/C25H35N3O3/c1-18-8-10-22(11-9-18)28-17-20(16-23(28)29)25(31)27-14-12-19(13-15-27)24(30)26-21-6-4-2-3-5-7-21/h8-11,19-21H,2-7,12-17H2,1H3,(H,26,30). The lowest BCUT2D eigenvalue weighted by molar-refractivity contribution is -0.139. The molecule has 0 aromatic heterocycles. The second-order valence-electron chi connectivity index (χ2n) is 9.54. The van der Waals surface area contributed by atoms with E-state index in [1.807, 2.05) is 36.1 Å². The third-order valence-corrected chi connectivity index (χ3v) is 7.20. The fourth-order valence-electron chi connectivity index (χ4n) is 5.21. The molecule has 0 spiro atoms. The molecule has 6 heteroatoms. The van der Waals surface area contributed by atoms with Crippen molar-refractivity contribution in [2.75, 3.05) is 24.5 Å². The Hall–Kier alpha value is -2.37. The smallest absolute Gasteiger partial charge is 0.228 e. The Kier molecular flexibility index (Phi) is 6.93. The van der Waals surface area contributed by atoms with Gasteiger partial charge in [0.2, 0.25) is 17.7 Å². The Bertz CT molecular complexity index is 791. The molecule has 1 unspecified atom stereocenters. The van der Waals surface area contributed by atoms with Crippen LogP contribution in [0.15, 0.2) is 24.3 Å². The second kappa shape index (κ2) is 9.84. The highest BCUT2D eigenvalue weighted by atomic mass is 16.2. The van der Waals surface area contributed by atoms with E-state index in [-0.39, 0.29) is 36.0 Å². The van der Waals surface area contributed by atoms with Crippen molar-refractivity contribution < 1.29 is 14.4 Å². The average molecular weight is 426 g/mol. The lowest BCUT2D eigenvalue weighted by Crippen LogP contribution is -2.47. The number of piperidine rings is 1. The van der Waals surface area contributed by atoms with Crippen molar-refractivity contribution >= 4 is 23.4 Å². The molecule has 1 saturated carbocycles. The number of carbonyl (C=O) groups excluding carboxylic acids is 3. The van der Waals surface area contributed by atoms with Gasteiger partial charge in [-0.15, -0.1) is 0 Å². The Labute approximate surface area is 185 Å². The first kappa shape index (κ1) is 21.8. The quantitative estimate of drug-likeness (QED) is 0.752. The molecule has 1 atom stereocenters. The summed E-state index contributed by atoms with van der Waals surface area (Å²) in [6.07, 6.45) is 8.85. The molecule has 3 aliphatic rings. The lowest BCUT2D eigenvalue weighted by atomic mass is 9.94. The summed E-state index contributed by atoms with van der Waals surface area (Å²) in [7, 11) is 0. The van der Waals surface area contributed by atoms with Crippen molar-refractivity contribution in [3.05, 3.63) is 29.8 Å². The topological polar surface area (TPSA) is 69.7 Å². The molecule has 31 heavy (non-hydrogen) atoms. The monoisotopic (exact) mass is 425 g/mol. The van der Waals surface area contributed by atoms with E-state index in [4.69, 9.17) is 0 Å². The maximum absolute atomic E-state index is 13.1. The second-order valence-corrected chi connectivity index (χ2v) is 9.54. The normalized spacial score (nSPS) is 23.6. The molecule has 0 radical (unpaired) electrons. The largest absolute Gasteiger partial charge is 0.353 e. The number of aryl methyl sites for hydroxylation is 1. The van der Waals surface area contributed by atoms with Crippen molar-refractivity contribution in [1.82, 2.24) is 10.2 Å². The molecular formula is C25H35N3O3. The molecule has 168 valence electrons. The molecular weight excluding hydrogens is 390 g/mol. The van der Waals surface area contributed by atoms with Crippen LogP contribution < -0.4 is 10.2 Å². The summed E-state index contributed by atoms with van der Waals surface area (Å²) in [5, 5.41) is 3.27. The molecule has 3 fully saturated rings. The number of rotatable bonds is 4. The number of nitrogens with one attached hydrogen (secondary N) is 1. The van der Waals surface area contributed by atoms with Gasteiger partial charge in [-0.25, -0.2) is 0 Å². The van der Waals surface area contributed by atoms with Crippen LogP contribution in [0.4, 0.5) is 5.69 Å². The van der Waals surface area contributed by atoms with Gasteiger partial charge in [-0.3, -0.25) is 14.4 Å². The van der Waals surface area contributed by atoms with Crippen molar-refractivity contribution in [3.8, 4) is 0 Å². The van der Waals surface area contributed by atoms with Gasteiger partial charge in [-0.05, 0) is 44.7 Å². The summed E-state index contributed by atoms with van der Waals surface area (Å²) in [4.78, 5) is 41.9. The maximum Gasteiger partial charge on any atom is 0.228 e. The van der Waals surface area contributed by atoms with Gasteiger partial charge in [0.05, 0.1) is 5.92 Å². The Morgan fingerprint density at radius 3 is 2.19 bits per heavy atom. The van der Waals surface area contributed by atoms with E-state index in [0.29, 0.717) is 38.5 Å². The number of nitrogens with zero attached hydrogens (tertiary/aromatic N) is 2. The van der Waals surface area contributed by atoms with Crippen molar-refractivity contribution in [2.45, 2.75) is 70.8 Å². The van der Waals surface area contributed by atoms with Crippen LogP contribution in [-0.2, 0) is 14.4 Å². The van der Waals surface area contributed by atoms with Gasteiger partial charge >= 0.3 is 0 Å². The number of amides is 3. The molecule has 2 saturated heterocycles. The number of anilines is 1. The highest BCUT2D eigenvalue weighted by molar-refractivity contribution is 6.00. The SMILES string of the molecule is Cc1ccc(N2CC(C(=O)N3CCC(C(=O)NC4CCCCCC4)CC3)CC2=O)cc1. The third-order valence-electron chi connectivity index (χ3n) is 7.20. The molecule has 0 bridgehead atoms. The Balaban J connectivity index is 1.26. The maximum atomic E-state index is 13.1. The molecule has 2 heterocycles. The molecule has 1 aliphatic carbocycles. The van der Waals surface area contributed by atoms with E-state index in [2.05, 4.69) is 5.32 Å². The molecule has 1 aromatic carbocycles. The molecule has 3 amide bonds. The summed E-state index contributed by atoms with van der Waals surface area (Å²) in [6.45, 7) is 3.68. The number of carbonyl (C=O) groups is 3. The van der Waals surface area contributed by atoms with Crippen molar-refractivity contribution in [2.24, 2.45) is 11.8 Å². The number of hydrogen-bond acceptors (Lipinski definition) is 3. The Morgan fingerprint density at radius 1 is 0.903 bits per heavy atom. The van der Waals surface area contributed by atoms with Crippen LogP contribution in [0.25, 0.3) is 0 Å². The van der Waals surface area contributed by atoms with Gasteiger partial charge in [0.1, 0.15) is 0 Å². The average Bonchev–Trinajstić information content (AvgIpc) is 2.99. The van der Waals surface area contributed by atoms with Gasteiger partial charge in [-0.2, -0.15) is 0 Å². The van der Waals surface area contributed by atoms with E-state index in [0.717, 1.165) is 24.1 Å². The summed E-state index contributed by atoms with van der Waals surface area (Å²) in [5.41, 5.74) is 2.01. The summed E-state index contributed by atoms with van der Waals surface area (Å²) in [6, 6.07) is 8.19. The molecule has 6 nitrogen and oxygen atoms in total. The zero-order valence-corrected chi connectivity index (χ0v) is 18.6. The number of benzene rings is 1. The first-order valence-corrected chi connectivity index (χ1v) is 12.0. The number of hydrogen-bond donors (Lipinski definition) is 1. The van der Waals surface area contributed by atoms with Crippen LogP contribution >= 0.6 is 0 Å². The Morgan fingerprint density at radius 2 is 1.55 bits per heavy atom. The number of likely N-dealkylation sites (tertiary alicyclic amines) is 1. The van der Waals surface area contributed by atoms with E-state index >= 15 is 0 Å². The van der Waals surface area contributed by atoms with Gasteiger partial charge in [0.25, 0.3) is 0 Å². The fourth-order valence-corrected chi connectivity index (χ4v) is 5.21. The van der Waals surface area contributed by atoms with E-state index < -0.39 is 0 Å². The van der Waals surface area contributed by atoms with Crippen LogP contribution in [0.1, 0.15) is 63.4 Å². The third kappa shape index (κ3) is 5.28. The van der Waals surface area contributed by atoms with Gasteiger partial charge < -0.3 is 15.1 Å². The predicted octanol–water partition coefficient (Wildman–Crippen LogP) is 3.43. The van der Waals surface area contributed by atoms with Crippen LogP contribution in [-0.4, -0.2) is 48.3 Å². The minimum atomic E-state index is -0.287. The highest BCUT2D eigenvalue weighted by Crippen LogP contribution is 2.28. The van der Waals surface area contributed by atoms with Crippen LogP contribution in [0.5, 0.6) is 0 Å². The van der Waals surface area contributed by atoms with E-state index in [1.54, 1.807) is 4.90 Å².